The maximum absolute atomic E-state index is 12.1. The summed E-state index contributed by atoms with van der Waals surface area (Å²) in [5.41, 5.74) is 2.94. The van der Waals surface area contributed by atoms with Crippen molar-refractivity contribution in [2.75, 3.05) is 17.8 Å². The molecule has 0 radical (unpaired) electrons. The Morgan fingerprint density at radius 2 is 1.86 bits per heavy atom. The summed E-state index contributed by atoms with van der Waals surface area (Å²) in [7, 11) is 1.61. The van der Waals surface area contributed by atoms with Gasteiger partial charge in [0.15, 0.2) is 0 Å². The van der Waals surface area contributed by atoms with Gasteiger partial charge in [0, 0.05) is 16.6 Å². The number of carbonyl (C=O) groups excluding carboxylic acids is 1. The zero-order chi connectivity index (χ0) is 15.1. The van der Waals surface area contributed by atoms with Crippen molar-refractivity contribution >= 4 is 27.5 Å². The zero-order valence-electron chi connectivity index (χ0n) is 11.9. The quantitative estimate of drug-likeness (QED) is 0.806. The number of aryl methyl sites for hydroxylation is 1. The molecule has 3 nitrogen and oxygen atoms in total. The zero-order valence-corrected chi connectivity index (χ0v) is 13.5. The number of alkyl halides is 1. The summed E-state index contributed by atoms with van der Waals surface area (Å²) in [5.74, 6) is 0.688. The molecule has 0 aliphatic rings. The van der Waals surface area contributed by atoms with Gasteiger partial charge in [-0.2, -0.15) is 0 Å². The minimum atomic E-state index is -0.0484. The maximum atomic E-state index is 12.1. The van der Waals surface area contributed by atoms with Crippen molar-refractivity contribution in [3.05, 3.63) is 59.7 Å². The minimum Gasteiger partial charge on any atom is -0.496 e. The maximum Gasteiger partial charge on any atom is 0.228 e. The third kappa shape index (κ3) is 4.60. The number of nitrogens with one attached hydrogen (secondary N) is 1. The van der Waals surface area contributed by atoms with Crippen molar-refractivity contribution in [3.8, 4) is 5.75 Å². The molecule has 21 heavy (non-hydrogen) atoms. The molecule has 2 aromatic carbocycles. The number of para-hydroxylation sites is 1. The van der Waals surface area contributed by atoms with Crippen LogP contribution in [0.2, 0.25) is 0 Å². The van der Waals surface area contributed by atoms with Gasteiger partial charge in [-0.1, -0.05) is 46.3 Å². The van der Waals surface area contributed by atoms with Gasteiger partial charge in [0.25, 0.3) is 0 Å². The number of halogens is 1. The fraction of sp³-hybridized carbons (Fsp3) is 0.235. The van der Waals surface area contributed by atoms with Crippen molar-refractivity contribution in [2.45, 2.75) is 12.8 Å². The first-order valence-electron chi connectivity index (χ1n) is 6.79. The van der Waals surface area contributed by atoms with E-state index in [0.717, 1.165) is 28.8 Å². The molecule has 0 saturated carbocycles. The van der Waals surface area contributed by atoms with Crippen LogP contribution in [0.1, 0.15) is 11.1 Å². The van der Waals surface area contributed by atoms with Gasteiger partial charge >= 0.3 is 0 Å². The van der Waals surface area contributed by atoms with Crippen LogP contribution in [0, 0.1) is 0 Å². The van der Waals surface area contributed by atoms with E-state index in [0.29, 0.717) is 6.42 Å². The molecule has 0 unspecified atom stereocenters. The van der Waals surface area contributed by atoms with E-state index in [1.54, 1.807) is 7.11 Å². The number of amides is 1. The van der Waals surface area contributed by atoms with E-state index >= 15 is 0 Å². The smallest absolute Gasteiger partial charge is 0.228 e. The highest BCUT2D eigenvalue weighted by Crippen LogP contribution is 2.18. The molecular formula is C17H18BrNO2. The third-order valence-electron chi connectivity index (χ3n) is 3.16. The lowest BCUT2D eigenvalue weighted by molar-refractivity contribution is -0.115. The number of methoxy groups -OCH3 is 1. The van der Waals surface area contributed by atoms with Crippen LogP contribution in [-0.4, -0.2) is 18.3 Å². The van der Waals surface area contributed by atoms with Crippen LogP contribution in [0.3, 0.4) is 0 Å². The lowest BCUT2D eigenvalue weighted by Gasteiger charge is -2.09. The monoisotopic (exact) mass is 347 g/mol. The molecule has 0 bridgehead atoms. The fourth-order valence-corrected chi connectivity index (χ4v) is 2.55. The van der Waals surface area contributed by atoms with Gasteiger partial charge in [-0.25, -0.2) is 0 Å². The van der Waals surface area contributed by atoms with Gasteiger partial charge in [0.1, 0.15) is 5.75 Å². The number of benzene rings is 2. The van der Waals surface area contributed by atoms with Crippen molar-refractivity contribution in [3.63, 3.8) is 0 Å². The number of carbonyl (C=O) groups is 1. The fourth-order valence-electron chi connectivity index (χ4n) is 2.09. The molecule has 0 fully saturated rings. The molecule has 110 valence electrons. The van der Waals surface area contributed by atoms with Gasteiger partial charge in [-0.05, 0) is 30.2 Å². The van der Waals surface area contributed by atoms with Crippen LogP contribution >= 0.6 is 15.9 Å². The number of ether oxygens (including phenoxy) is 1. The number of hydrogen-bond acceptors (Lipinski definition) is 2. The Balaban J connectivity index is 1.98. The molecule has 0 saturated heterocycles. The van der Waals surface area contributed by atoms with Crippen LogP contribution < -0.4 is 10.1 Å². The number of anilines is 1. The van der Waals surface area contributed by atoms with Crippen LogP contribution in [0.4, 0.5) is 5.69 Å². The standard InChI is InChI=1S/C17H18BrNO2/c1-21-16-5-3-2-4-14(16)12-17(20)19-15-8-6-13(7-9-15)10-11-18/h2-9H,10-12H2,1H3,(H,19,20). The summed E-state index contributed by atoms with van der Waals surface area (Å²) in [4.78, 5) is 12.1. The first-order valence-corrected chi connectivity index (χ1v) is 7.91. The van der Waals surface area contributed by atoms with E-state index < -0.39 is 0 Å². The second-order valence-electron chi connectivity index (χ2n) is 4.67. The van der Waals surface area contributed by atoms with E-state index in [9.17, 15) is 4.79 Å². The van der Waals surface area contributed by atoms with Crippen LogP contribution in [0.5, 0.6) is 5.75 Å². The van der Waals surface area contributed by atoms with Crippen molar-refractivity contribution < 1.29 is 9.53 Å². The summed E-state index contributed by atoms with van der Waals surface area (Å²) < 4.78 is 5.25. The summed E-state index contributed by atoms with van der Waals surface area (Å²) in [6, 6.07) is 15.5. The number of rotatable bonds is 6. The Morgan fingerprint density at radius 3 is 2.52 bits per heavy atom. The molecule has 1 N–H and O–H groups in total. The molecule has 2 aromatic rings. The van der Waals surface area contributed by atoms with E-state index in [-0.39, 0.29) is 5.91 Å². The normalized spacial score (nSPS) is 10.2. The second kappa shape index (κ2) is 7.84. The predicted octanol–water partition coefficient (Wildman–Crippen LogP) is 3.81. The molecule has 4 heteroatoms. The number of hydrogen-bond donors (Lipinski definition) is 1. The topological polar surface area (TPSA) is 38.3 Å². The van der Waals surface area contributed by atoms with Crippen LogP contribution in [-0.2, 0) is 17.6 Å². The highest BCUT2D eigenvalue weighted by molar-refractivity contribution is 9.09. The second-order valence-corrected chi connectivity index (χ2v) is 5.47. The van der Waals surface area contributed by atoms with E-state index in [4.69, 9.17) is 4.74 Å². The molecule has 0 heterocycles. The van der Waals surface area contributed by atoms with Gasteiger partial charge in [0.05, 0.1) is 13.5 Å². The van der Waals surface area contributed by atoms with Crippen LogP contribution in [0.15, 0.2) is 48.5 Å². The summed E-state index contributed by atoms with van der Waals surface area (Å²) in [5, 5.41) is 3.84. The van der Waals surface area contributed by atoms with Crippen molar-refractivity contribution in [1.82, 2.24) is 0 Å². The van der Waals surface area contributed by atoms with Crippen molar-refractivity contribution in [2.24, 2.45) is 0 Å². The van der Waals surface area contributed by atoms with E-state index in [1.165, 1.54) is 5.56 Å². The SMILES string of the molecule is COc1ccccc1CC(=O)Nc1ccc(CCBr)cc1. The van der Waals surface area contributed by atoms with Crippen molar-refractivity contribution in [1.29, 1.82) is 0 Å². The van der Waals surface area contributed by atoms with Gasteiger partial charge in [-0.15, -0.1) is 0 Å². The Kier molecular flexibility index (Phi) is 5.81. The molecule has 0 aliphatic carbocycles. The molecule has 0 atom stereocenters. The summed E-state index contributed by atoms with van der Waals surface area (Å²) in [6.45, 7) is 0. The summed E-state index contributed by atoms with van der Waals surface area (Å²) >= 11 is 3.41. The average Bonchev–Trinajstić information content (AvgIpc) is 2.50. The first kappa shape index (κ1) is 15.6. The highest BCUT2D eigenvalue weighted by atomic mass is 79.9. The van der Waals surface area contributed by atoms with Crippen LogP contribution in [0.25, 0.3) is 0 Å². The Morgan fingerprint density at radius 1 is 1.14 bits per heavy atom. The Labute approximate surface area is 133 Å². The third-order valence-corrected chi connectivity index (χ3v) is 3.56. The molecule has 0 aromatic heterocycles. The molecule has 1 amide bonds. The highest BCUT2D eigenvalue weighted by Gasteiger charge is 2.08. The average molecular weight is 348 g/mol. The molecule has 0 spiro atoms. The molecular weight excluding hydrogens is 330 g/mol. The predicted molar refractivity (Wildman–Crippen MR) is 89.3 cm³/mol. The lowest BCUT2D eigenvalue weighted by atomic mass is 10.1. The Hall–Kier alpha value is -1.81. The summed E-state index contributed by atoms with van der Waals surface area (Å²) in [6.07, 6.45) is 1.28. The first-order chi connectivity index (χ1) is 10.2. The Bertz CT molecular complexity index is 596. The van der Waals surface area contributed by atoms with E-state index in [2.05, 4.69) is 21.2 Å². The lowest BCUT2D eigenvalue weighted by Crippen LogP contribution is -2.14. The van der Waals surface area contributed by atoms with Gasteiger partial charge < -0.3 is 10.1 Å². The molecule has 0 aliphatic heterocycles. The van der Waals surface area contributed by atoms with Gasteiger partial charge in [0.2, 0.25) is 5.91 Å². The van der Waals surface area contributed by atoms with E-state index in [1.807, 2.05) is 48.5 Å². The minimum absolute atomic E-state index is 0.0484. The largest absolute Gasteiger partial charge is 0.496 e. The van der Waals surface area contributed by atoms with Gasteiger partial charge in [-0.3, -0.25) is 4.79 Å². The molecule has 2 rings (SSSR count).